The average Bonchev–Trinajstić information content (AvgIpc) is 2.20. The molecule has 1 rings (SSSR count). The molecule has 3 N–H and O–H groups in total. The highest BCUT2D eigenvalue weighted by atomic mass is 79.9. The molecule has 4 nitrogen and oxygen atoms in total. The first-order valence-corrected chi connectivity index (χ1v) is 4.86. The fourth-order valence-corrected chi connectivity index (χ4v) is 1.29. The van der Waals surface area contributed by atoms with Crippen LogP contribution in [0, 0.1) is 0 Å². The molecule has 0 aliphatic heterocycles. The van der Waals surface area contributed by atoms with Gasteiger partial charge in [0.25, 0.3) is 0 Å². The van der Waals surface area contributed by atoms with E-state index < -0.39 is 0 Å². The fourth-order valence-electron chi connectivity index (χ4n) is 1.02. The summed E-state index contributed by atoms with van der Waals surface area (Å²) in [7, 11) is 1.76. The molecule has 0 aliphatic carbocycles. The summed E-state index contributed by atoms with van der Waals surface area (Å²) in [5.74, 6) is 0.105. The molecular weight excluding hydrogens is 246 g/mol. The molecule has 0 fully saturated rings. The Labute approximate surface area is 91.1 Å². The summed E-state index contributed by atoms with van der Waals surface area (Å²) in [6.07, 6.45) is 0. The number of nitrogens with zero attached hydrogens (tertiary/aromatic N) is 2. The molecule has 1 aromatic rings. The monoisotopic (exact) mass is 257 g/mol. The molecule has 0 amide bonds. The number of hydrogen-bond donors (Lipinski definition) is 2. The zero-order valence-corrected chi connectivity index (χ0v) is 9.40. The Kier molecular flexibility index (Phi) is 3.76. The SMILES string of the molecule is CN(Cc1ccc(Br)cc1)C(N)=NO. The molecule has 76 valence electrons. The van der Waals surface area contributed by atoms with Crippen LogP contribution in [0.2, 0.25) is 0 Å². The van der Waals surface area contributed by atoms with Gasteiger partial charge >= 0.3 is 0 Å². The van der Waals surface area contributed by atoms with E-state index >= 15 is 0 Å². The van der Waals surface area contributed by atoms with E-state index in [1.807, 2.05) is 24.3 Å². The summed E-state index contributed by atoms with van der Waals surface area (Å²) in [6, 6.07) is 7.86. The first kappa shape index (κ1) is 10.8. The maximum atomic E-state index is 8.44. The summed E-state index contributed by atoms with van der Waals surface area (Å²) >= 11 is 3.35. The zero-order valence-electron chi connectivity index (χ0n) is 7.81. The van der Waals surface area contributed by atoms with E-state index in [2.05, 4.69) is 21.1 Å². The number of halogens is 1. The summed E-state index contributed by atoms with van der Waals surface area (Å²) in [5, 5.41) is 11.4. The Hall–Kier alpha value is -1.23. The van der Waals surface area contributed by atoms with Gasteiger partial charge in [0, 0.05) is 18.1 Å². The Morgan fingerprint density at radius 3 is 2.57 bits per heavy atom. The van der Waals surface area contributed by atoms with Crippen LogP contribution in [0.15, 0.2) is 33.9 Å². The molecule has 0 atom stereocenters. The van der Waals surface area contributed by atoms with Crippen LogP contribution in [0.5, 0.6) is 0 Å². The lowest BCUT2D eigenvalue weighted by Gasteiger charge is -2.16. The van der Waals surface area contributed by atoms with E-state index in [0.29, 0.717) is 6.54 Å². The molecule has 0 aromatic heterocycles. The Bertz CT molecular complexity index is 323. The van der Waals surface area contributed by atoms with Crippen molar-refractivity contribution in [1.82, 2.24) is 4.90 Å². The number of nitrogens with two attached hydrogens (primary N) is 1. The van der Waals surface area contributed by atoms with Gasteiger partial charge in [-0.25, -0.2) is 0 Å². The van der Waals surface area contributed by atoms with Crippen molar-refractivity contribution in [2.24, 2.45) is 10.9 Å². The molecule has 0 bridgehead atoms. The van der Waals surface area contributed by atoms with Crippen LogP contribution < -0.4 is 5.73 Å². The number of guanidine groups is 1. The van der Waals surface area contributed by atoms with Crippen molar-refractivity contribution in [3.05, 3.63) is 34.3 Å². The van der Waals surface area contributed by atoms with Gasteiger partial charge in [-0.2, -0.15) is 0 Å². The predicted octanol–water partition coefficient (Wildman–Crippen LogP) is 1.58. The van der Waals surface area contributed by atoms with Gasteiger partial charge in [0.2, 0.25) is 5.96 Å². The van der Waals surface area contributed by atoms with Gasteiger partial charge in [0.05, 0.1) is 0 Å². The van der Waals surface area contributed by atoms with Gasteiger partial charge in [0.15, 0.2) is 0 Å². The minimum absolute atomic E-state index is 0.105. The second-order valence-electron chi connectivity index (χ2n) is 2.94. The Morgan fingerprint density at radius 1 is 1.50 bits per heavy atom. The number of hydrogen-bond acceptors (Lipinski definition) is 2. The van der Waals surface area contributed by atoms with Crippen LogP contribution in [0.1, 0.15) is 5.56 Å². The van der Waals surface area contributed by atoms with Gasteiger partial charge < -0.3 is 15.8 Å². The quantitative estimate of drug-likeness (QED) is 0.366. The molecule has 0 aliphatic rings. The van der Waals surface area contributed by atoms with Crippen LogP contribution in [0.25, 0.3) is 0 Å². The molecule has 0 saturated heterocycles. The van der Waals surface area contributed by atoms with E-state index in [1.54, 1.807) is 11.9 Å². The summed E-state index contributed by atoms with van der Waals surface area (Å²) in [4.78, 5) is 1.66. The lowest BCUT2D eigenvalue weighted by atomic mass is 10.2. The smallest absolute Gasteiger partial charge is 0.233 e. The standard InChI is InChI=1S/C9H12BrN3O/c1-13(9(11)12-14)6-7-2-4-8(10)5-3-7/h2-5,14H,6H2,1H3,(H2,11,12). The second kappa shape index (κ2) is 4.85. The van der Waals surface area contributed by atoms with Gasteiger partial charge in [-0.05, 0) is 17.7 Å². The van der Waals surface area contributed by atoms with Crippen molar-refractivity contribution in [1.29, 1.82) is 0 Å². The van der Waals surface area contributed by atoms with Crippen molar-refractivity contribution in [2.75, 3.05) is 7.05 Å². The molecule has 0 unspecified atom stereocenters. The van der Waals surface area contributed by atoms with Gasteiger partial charge in [-0.3, -0.25) is 0 Å². The molecule has 0 spiro atoms. The first-order valence-electron chi connectivity index (χ1n) is 4.06. The van der Waals surface area contributed by atoms with Crippen molar-refractivity contribution in [3.63, 3.8) is 0 Å². The lowest BCUT2D eigenvalue weighted by Crippen LogP contribution is -2.33. The van der Waals surface area contributed by atoms with Crippen LogP contribution >= 0.6 is 15.9 Å². The van der Waals surface area contributed by atoms with Crippen LogP contribution in [-0.4, -0.2) is 23.1 Å². The van der Waals surface area contributed by atoms with Crippen molar-refractivity contribution in [2.45, 2.75) is 6.54 Å². The maximum absolute atomic E-state index is 8.44. The third-order valence-electron chi connectivity index (χ3n) is 1.83. The van der Waals surface area contributed by atoms with Crippen LogP contribution in [0.4, 0.5) is 0 Å². The molecule has 5 heteroatoms. The largest absolute Gasteiger partial charge is 0.408 e. The van der Waals surface area contributed by atoms with Crippen molar-refractivity contribution in [3.8, 4) is 0 Å². The summed E-state index contributed by atoms with van der Waals surface area (Å²) in [5.41, 5.74) is 6.51. The number of rotatable bonds is 2. The van der Waals surface area contributed by atoms with Crippen molar-refractivity contribution >= 4 is 21.9 Å². The molecular formula is C9H12BrN3O. The zero-order chi connectivity index (χ0) is 10.6. The van der Waals surface area contributed by atoms with Gasteiger partial charge in [-0.15, -0.1) is 0 Å². The highest BCUT2D eigenvalue weighted by molar-refractivity contribution is 9.10. The highest BCUT2D eigenvalue weighted by Crippen LogP contribution is 2.11. The van der Waals surface area contributed by atoms with Crippen LogP contribution in [-0.2, 0) is 6.54 Å². The average molecular weight is 258 g/mol. The third kappa shape index (κ3) is 2.92. The highest BCUT2D eigenvalue weighted by Gasteiger charge is 2.02. The minimum atomic E-state index is 0.105. The van der Waals surface area contributed by atoms with E-state index in [1.165, 1.54) is 0 Å². The van der Waals surface area contributed by atoms with E-state index in [9.17, 15) is 0 Å². The van der Waals surface area contributed by atoms with E-state index in [0.717, 1.165) is 10.0 Å². The minimum Gasteiger partial charge on any atom is -0.408 e. The summed E-state index contributed by atoms with van der Waals surface area (Å²) in [6.45, 7) is 0.614. The topological polar surface area (TPSA) is 61.8 Å². The fraction of sp³-hybridized carbons (Fsp3) is 0.222. The maximum Gasteiger partial charge on any atom is 0.233 e. The number of benzene rings is 1. The van der Waals surface area contributed by atoms with Gasteiger partial charge in [-0.1, -0.05) is 33.2 Å². The third-order valence-corrected chi connectivity index (χ3v) is 2.36. The molecule has 0 saturated carbocycles. The molecule has 1 aromatic carbocycles. The Balaban J connectivity index is 2.65. The normalized spacial score (nSPS) is 11.4. The van der Waals surface area contributed by atoms with Crippen molar-refractivity contribution < 1.29 is 5.21 Å². The lowest BCUT2D eigenvalue weighted by molar-refractivity contribution is 0.304. The van der Waals surface area contributed by atoms with Crippen LogP contribution in [0.3, 0.4) is 0 Å². The Morgan fingerprint density at radius 2 is 2.07 bits per heavy atom. The van der Waals surface area contributed by atoms with Gasteiger partial charge in [0.1, 0.15) is 0 Å². The molecule has 0 heterocycles. The summed E-state index contributed by atoms with van der Waals surface area (Å²) < 4.78 is 1.03. The first-order chi connectivity index (χ1) is 6.63. The predicted molar refractivity (Wildman–Crippen MR) is 59.0 cm³/mol. The molecule has 0 radical (unpaired) electrons. The van der Waals surface area contributed by atoms with E-state index in [-0.39, 0.29) is 5.96 Å². The van der Waals surface area contributed by atoms with E-state index in [4.69, 9.17) is 10.9 Å². The second-order valence-corrected chi connectivity index (χ2v) is 3.86. The number of oxime groups is 1. The molecule has 14 heavy (non-hydrogen) atoms.